The van der Waals surface area contributed by atoms with E-state index in [9.17, 15) is 4.79 Å². The lowest BCUT2D eigenvalue weighted by atomic mass is 9.87. The van der Waals surface area contributed by atoms with Crippen LogP contribution in [0.25, 0.3) is 0 Å². The van der Waals surface area contributed by atoms with Crippen LogP contribution in [0.5, 0.6) is 0 Å². The summed E-state index contributed by atoms with van der Waals surface area (Å²) in [5.41, 5.74) is 3.53. The van der Waals surface area contributed by atoms with Crippen LogP contribution in [0.1, 0.15) is 29.8 Å². The fraction of sp³-hybridized carbons (Fsp3) is 0.450. The molecule has 3 heterocycles. The molecule has 0 saturated carbocycles. The summed E-state index contributed by atoms with van der Waals surface area (Å²) in [6, 6.07) is 10.7. The number of amides is 1. The van der Waals surface area contributed by atoms with E-state index >= 15 is 0 Å². The summed E-state index contributed by atoms with van der Waals surface area (Å²) in [4.78, 5) is 25.3. The second-order valence-corrected chi connectivity index (χ2v) is 7.32. The molecule has 1 aromatic heterocycles. The molecule has 3 atom stereocenters. The zero-order valence-corrected chi connectivity index (χ0v) is 15.0. The van der Waals surface area contributed by atoms with Crippen molar-refractivity contribution in [2.45, 2.75) is 26.8 Å². The van der Waals surface area contributed by atoms with Crippen molar-refractivity contribution in [1.82, 2.24) is 14.9 Å². The Morgan fingerprint density at radius 3 is 2.64 bits per heavy atom. The molecule has 1 amide bonds. The Labute approximate surface area is 148 Å². The van der Waals surface area contributed by atoms with Crippen molar-refractivity contribution in [2.75, 3.05) is 24.5 Å². The third-order valence-electron chi connectivity index (χ3n) is 5.69. The second kappa shape index (κ2) is 6.14. The normalized spacial score (nSPS) is 25.3. The van der Waals surface area contributed by atoms with Gasteiger partial charge in [-0.3, -0.25) is 4.79 Å². The first-order valence-corrected chi connectivity index (χ1v) is 8.91. The Kier molecular flexibility index (Phi) is 3.94. The topological polar surface area (TPSA) is 49.3 Å². The maximum absolute atomic E-state index is 12.3. The number of carbonyl (C=O) groups excluding carboxylic acids is 1. The van der Waals surface area contributed by atoms with Gasteiger partial charge in [0.05, 0.1) is 6.04 Å². The van der Waals surface area contributed by atoms with Crippen LogP contribution >= 0.6 is 0 Å². The molecule has 130 valence electrons. The van der Waals surface area contributed by atoms with Gasteiger partial charge < -0.3 is 9.80 Å². The first-order chi connectivity index (χ1) is 12.0. The Hall–Kier alpha value is -2.43. The Balaban J connectivity index is 1.66. The summed E-state index contributed by atoms with van der Waals surface area (Å²) in [6.45, 7) is 8.55. The summed E-state index contributed by atoms with van der Waals surface area (Å²) in [5.74, 6) is 2.11. The maximum Gasteiger partial charge on any atom is 0.219 e. The monoisotopic (exact) mass is 336 g/mol. The first-order valence-electron chi connectivity index (χ1n) is 8.91. The van der Waals surface area contributed by atoms with Gasteiger partial charge in [-0.25, -0.2) is 9.97 Å². The highest BCUT2D eigenvalue weighted by atomic mass is 16.2. The van der Waals surface area contributed by atoms with Gasteiger partial charge in [0, 0.05) is 50.2 Å². The van der Waals surface area contributed by atoms with Crippen molar-refractivity contribution in [1.29, 1.82) is 0 Å². The van der Waals surface area contributed by atoms with Gasteiger partial charge in [0.25, 0.3) is 0 Å². The summed E-state index contributed by atoms with van der Waals surface area (Å²) in [7, 11) is 0. The van der Waals surface area contributed by atoms with E-state index in [0.717, 1.165) is 31.1 Å². The molecule has 0 bridgehead atoms. The van der Waals surface area contributed by atoms with Crippen LogP contribution in [0.4, 0.5) is 5.82 Å². The maximum atomic E-state index is 12.3. The Morgan fingerprint density at radius 2 is 1.92 bits per heavy atom. The third-order valence-corrected chi connectivity index (χ3v) is 5.69. The van der Waals surface area contributed by atoms with E-state index < -0.39 is 0 Å². The zero-order valence-electron chi connectivity index (χ0n) is 15.0. The summed E-state index contributed by atoms with van der Waals surface area (Å²) in [5, 5.41) is 0. The summed E-state index contributed by atoms with van der Waals surface area (Å²) < 4.78 is 0. The number of fused-ring (bicyclic) bond motifs is 1. The molecular weight excluding hydrogens is 312 g/mol. The minimum atomic E-state index is 0.164. The number of aryl methyl sites for hydroxylation is 2. The van der Waals surface area contributed by atoms with Gasteiger partial charge in [0.15, 0.2) is 0 Å². The minimum absolute atomic E-state index is 0.164. The summed E-state index contributed by atoms with van der Waals surface area (Å²) in [6.07, 6.45) is 1.64. The largest absolute Gasteiger partial charge is 0.356 e. The zero-order chi connectivity index (χ0) is 17.6. The van der Waals surface area contributed by atoms with Crippen LogP contribution in [0.3, 0.4) is 0 Å². The third kappa shape index (κ3) is 2.77. The minimum Gasteiger partial charge on any atom is -0.356 e. The second-order valence-electron chi connectivity index (χ2n) is 7.32. The SMILES string of the molecule is CC(=O)N1C[C@H]2CN(c3cc(C)ncn3)C[C@H]2[C@@H]1c1ccccc1C. The van der Waals surface area contributed by atoms with Crippen molar-refractivity contribution in [3.05, 3.63) is 53.5 Å². The van der Waals surface area contributed by atoms with Crippen LogP contribution in [-0.2, 0) is 4.79 Å². The van der Waals surface area contributed by atoms with Crippen LogP contribution in [-0.4, -0.2) is 40.4 Å². The van der Waals surface area contributed by atoms with Crippen LogP contribution < -0.4 is 4.90 Å². The number of anilines is 1. The van der Waals surface area contributed by atoms with Gasteiger partial charge in [-0.05, 0) is 25.0 Å². The lowest BCUT2D eigenvalue weighted by molar-refractivity contribution is -0.130. The molecule has 0 spiro atoms. The molecule has 1 aromatic carbocycles. The lowest BCUT2D eigenvalue weighted by Crippen LogP contribution is -2.34. The van der Waals surface area contributed by atoms with Gasteiger partial charge in [0.2, 0.25) is 5.91 Å². The fourth-order valence-electron chi connectivity index (χ4n) is 4.49. The molecular formula is C20H24N4O. The number of hydrogen-bond donors (Lipinski definition) is 0. The molecule has 2 aliphatic rings. The number of hydrogen-bond acceptors (Lipinski definition) is 4. The van der Waals surface area contributed by atoms with Crippen molar-refractivity contribution < 1.29 is 4.79 Å². The molecule has 0 unspecified atom stereocenters. The summed E-state index contributed by atoms with van der Waals surface area (Å²) >= 11 is 0. The quantitative estimate of drug-likeness (QED) is 0.846. The first kappa shape index (κ1) is 16.1. The molecule has 0 aliphatic carbocycles. The van der Waals surface area contributed by atoms with Crippen LogP contribution in [0.2, 0.25) is 0 Å². The molecule has 2 fully saturated rings. The van der Waals surface area contributed by atoms with Crippen molar-refractivity contribution >= 4 is 11.7 Å². The molecule has 2 aliphatic heterocycles. The highest BCUT2D eigenvalue weighted by molar-refractivity contribution is 5.74. The predicted molar refractivity (Wildman–Crippen MR) is 97.3 cm³/mol. The molecule has 0 N–H and O–H groups in total. The Morgan fingerprint density at radius 1 is 1.12 bits per heavy atom. The highest BCUT2D eigenvalue weighted by Crippen LogP contribution is 2.46. The number of nitrogens with zero attached hydrogens (tertiary/aromatic N) is 4. The van der Waals surface area contributed by atoms with Crippen molar-refractivity contribution in [3.63, 3.8) is 0 Å². The molecule has 0 radical (unpaired) electrons. The van der Waals surface area contributed by atoms with E-state index in [0.29, 0.717) is 11.8 Å². The van der Waals surface area contributed by atoms with E-state index in [1.54, 1.807) is 13.3 Å². The van der Waals surface area contributed by atoms with E-state index in [4.69, 9.17) is 0 Å². The van der Waals surface area contributed by atoms with Crippen LogP contribution in [0.15, 0.2) is 36.7 Å². The molecule has 4 rings (SSSR count). The molecule has 5 nitrogen and oxygen atoms in total. The molecule has 25 heavy (non-hydrogen) atoms. The van der Waals surface area contributed by atoms with Gasteiger partial charge in [-0.1, -0.05) is 24.3 Å². The number of aromatic nitrogens is 2. The van der Waals surface area contributed by atoms with Crippen molar-refractivity contribution in [3.8, 4) is 0 Å². The average Bonchev–Trinajstić information content (AvgIpc) is 3.13. The predicted octanol–water partition coefficient (Wildman–Crippen LogP) is 2.75. The smallest absolute Gasteiger partial charge is 0.219 e. The van der Waals surface area contributed by atoms with Gasteiger partial charge in [-0.2, -0.15) is 0 Å². The number of likely N-dealkylation sites (tertiary alicyclic amines) is 1. The van der Waals surface area contributed by atoms with Crippen molar-refractivity contribution in [2.24, 2.45) is 11.8 Å². The molecule has 2 aromatic rings. The van der Waals surface area contributed by atoms with Gasteiger partial charge in [-0.15, -0.1) is 0 Å². The molecule has 5 heteroatoms. The van der Waals surface area contributed by atoms with E-state index in [1.165, 1.54) is 11.1 Å². The average molecular weight is 336 g/mol. The standard InChI is InChI=1S/C20H24N4O/c1-13-6-4-5-7-17(13)20-18-11-23(19-8-14(2)21-12-22-19)9-16(18)10-24(20)15(3)25/h4-8,12,16,18,20H,9-11H2,1-3H3/t16-,18-,20+/m1/s1. The fourth-order valence-corrected chi connectivity index (χ4v) is 4.49. The lowest BCUT2D eigenvalue weighted by Gasteiger charge is -2.30. The Bertz CT molecular complexity index is 806. The van der Waals surface area contributed by atoms with E-state index in [1.807, 2.05) is 13.0 Å². The number of rotatable bonds is 2. The van der Waals surface area contributed by atoms with E-state index in [2.05, 4.69) is 51.0 Å². The van der Waals surface area contributed by atoms with Crippen LogP contribution in [0, 0.1) is 25.7 Å². The van der Waals surface area contributed by atoms with Gasteiger partial charge in [0.1, 0.15) is 12.1 Å². The number of benzene rings is 1. The van der Waals surface area contributed by atoms with E-state index in [-0.39, 0.29) is 11.9 Å². The van der Waals surface area contributed by atoms with Gasteiger partial charge >= 0.3 is 0 Å². The molecule has 2 saturated heterocycles. The highest BCUT2D eigenvalue weighted by Gasteiger charge is 2.49. The number of carbonyl (C=O) groups is 1.